The lowest BCUT2D eigenvalue weighted by atomic mass is 9.93. The normalized spacial score (nSPS) is 14.7. The maximum atomic E-state index is 14.0. The number of carbonyl (C=O) groups excluding carboxylic acids is 2. The van der Waals surface area contributed by atoms with Gasteiger partial charge in [0.05, 0.1) is 23.7 Å². The predicted octanol–water partition coefficient (Wildman–Crippen LogP) is 4.23. The van der Waals surface area contributed by atoms with E-state index in [1.54, 1.807) is 39.0 Å². The number of hydrogen-bond donors (Lipinski definition) is 1. The van der Waals surface area contributed by atoms with Gasteiger partial charge < -0.3 is 10.2 Å². The number of halogens is 1. The molecule has 1 aromatic heterocycles. The fourth-order valence-corrected chi connectivity index (χ4v) is 3.39. The molecule has 2 heterocycles. The number of aromatic nitrogens is 2. The van der Waals surface area contributed by atoms with Crippen LogP contribution in [0, 0.1) is 19.7 Å². The molecule has 1 aliphatic rings. The molecule has 8 heteroatoms. The first kappa shape index (κ1) is 21.3. The molecule has 1 N–H and O–H groups in total. The number of rotatable bonds is 4. The number of hydrogen-bond acceptors (Lipinski definition) is 6. The number of Topliss-reactive ketones (excluding diaryl/α,β-unsaturated/α-hetero) is 1. The van der Waals surface area contributed by atoms with Gasteiger partial charge >= 0.3 is 0 Å². The van der Waals surface area contributed by atoms with Gasteiger partial charge in [0, 0.05) is 11.1 Å². The van der Waals surface area contributed by atoms with Gasteiger partial charge in [-0.15, -0.1) is 0 Å². The van der Waals surface area contributed by atoms with Crippen molar-refractivity contribution in [3.63, 3.8) is 0 Å². The standard InChI is InChI=1S/C24H21FN4O3/c1-13-8-9-15(21-22(30)24(3,4)32-29-21)10-16(13)18-11-27-19(12-26-18)28-23(31)20-14(2)6-5-7-17(20)25/h5-12H,1-4H3,(H,27,28,31). The smallest absolute Gasteiger partial charge is 0.260 e. The van der Waals surface area contributed by atoms with Crippen molar-refractivity contribution in [2.45, 2.75) is 33.3 Å². The second-order valence-corrected chi connectivity index (χ2v) is 8.07. The van der Waals surface area contributed by atoms with E-state index in [9.17, 15) is 14.0 Å². The minimum atomic E-state index is -0.989. The molecule has 4 rings (SSSR count). The van der Waals surface area contributed by atoms with Crippen LogP contribution in [0.25, 0.3) is 11.3 Å². The number of carbonyl (C=O) groups is 2. The van der Waals surface area contributed by atoms with Crippen LogP contribution in [0.15, 0.2) is 53.9 Å². The summed E-state index contributed by atoms with van der Waals surface area (Å²) in [5, 5.41) is 6.52. The maximum absolute atomic E-state index is 14.0. The Kier molecular flexibility index (Phi) is 5.30. The molecule has 1 amide bonds. The molecule has 1 aliphatic heterocycles. The first-order valence-electron chi connectivity index (χ1n) is 9.98. The Morgan fingerprint density at radius 3 is 2.47 bits per heavy atom. The maximum Gasteiger partial charge on any atom is 0.260 e. The Labute approximate surface area is 184 Å². The Hall–Kier alpha value is -3.94. The zero-order valence-electron chi connectivity index (χ0n) is 18.1. The highest BCUT2D eigenvalue weighted by Crippen LogP contribution is 2.27. The van der Waals surface area contributed by atoms with E-state index < -0.39 is 17.3 Å². The zero-order chi connectivity index (χ0) is 23.0. The molecule has 2 aromatic carbocycles. The quantitative estimate of drug-likeness (QED) is 0.666. The van der Waals surface area contributed by atoms with Crippen LogP contribution in [0.3, 0.4) is 0 Å². The minimum Gasteiger partial charge on any atom is -0.381 e. The summed E-state index contributed by atoms with van der Waals surface area (Å²) < 4.78 is 14.0. The molecule has 0 aliphatic carbocycles. The van der Waals surface area contributed by atoms with Crippen LogP contribution in [0.5, 0.6) is 0 Å². The molecule has 7 nitrogen and oxygen atoms in total. The highest BCUT2D eigenvalue weighted by atomic mass is 19.1. The van der Waals surface area contributed by atoms with Crippen LogP contribution in [0.4, 0.5) is 10.2 Å². The number of nitrogens with zero attached hydrogens (tertiary/aromatic N) is 3. The van der Waals surface area contributed by atoms with Crippen molar-refractivity contribution in [1.29, 1.82) is 0 Å². The number of aryl methyl sites for hydroxylation is 2. The third-order valence-corrected chi connectivity index (χ3v) is 5.26. The largest absolute Gasteiger partial charge is 0.381 e. The fourth-order valence-electron chi connectivity index (χ4n) is 3.39. The summed E-state index contributed by atoms with van der Waals surface area (Å²) in [6.45, 7) is 6.91. The summed E-state index contributed by atoms with van der Waals surface area (Å²) in [4.78, 5) is 38.9. The van der Waals surface area contributed by atoms with Gasteiger partial charge in [0.15, 0.2) is 17.1 Å². The predicted molar refractivity (Wildman–Crippen MR) is 118 cm³/mol. The van der Waals surface area contributed by atoms with E-state index in [0.29, 0.717) is 16.8 Å². The van der Waals surface area contributed by atoms with Crippen molar-refractivity contribution < 1.29 is 18.8 Å². The van der Waals surface area contributed by atoms with Crippen molar-refractivity contribution >= 4 is 23.2 Å². The Morgan fingerprint density at radius 2 is 1.84 bits per heavy atom. The first-order chi connectivity index (χ1) is 15.2. The zero-order valence-corrected chi connectivity index (χ0v) is 18.1. The molecule has 0 spiro atoms. The summed E-state index contributed by atoms with van der Waals surface area (Å²) in [6.07, 6.45) is 2.91. The fraction of sp³-hybridized carbons (Fsp3) is 0.208. The van der Waals surface area contributed by atoms with E-state index in [4.69, 9.17) is 4.84 Å². The average molecular weight is 432 g/mol. The number of oxime groups is 1. The number of ketones is 1. The van der Waals surface area contributed by atoms with Crippen LogP contribution in [0.2, 0.25) is 0 Å². The molecule has 32 heavy (non-hydrogen) atoms. The number of benzene rings is 2. The molecule has 0 radical (unpaired) electrons. The molecule has 0 unspecified atom stereocenters. The topological polar surface area (TPSA) is 93.5 Å². The summed E-state index contributed by atoms with van der Waals surface area (Å²) in [5.74, 6) is -1.20. The lowest BCUT2D eigenvalue weighted by Gasteiger charge is -2.12. The number of nitrogens with one attached hydrogen (secondary N) is 1. The van der Waals surface area contributed by atoms with Crippen LogP contribution in [0.1, 0.15) is 40.9 Å². The van der Waals surface area contributed by atoms with Crippen molar-refractivity contribution in [3.05, 3.63) is 76.9 Å². The van der Waals surface area contributed by atoms with Gasteiger partial charge in [-0.3, -0.25) is 14.6 Å². The van der Waals surface area contributed by atoms with Gasteiger partial charge in [0.25, 0.3) is 5.91 Å². The molecule has 0 bridgehead atoms. The molecule has 0 atom stereocenters. The van der Waals surface area contributed by atoms with Crippen molar-refractivity contribution in [2.24, 2.45) is 5.16 Å². The second-order valence-electron chi connectivity index (χ2n) is 8.07. The van der Waals surface area contributed by atoms with E-state index in [0.717, 1.165) is 11.1 Å². The van der Waals surface area contributed by atoms with E-state index in [2.05, 4.69) is 20.4 Å². The number of anilines is 1. The van der Waals surface area contributed by atoms with Crippen molar-refractivity contribution in [2.75, 3.05) is 5.32 Å². The van der Waals surface area contributed by atoms with Gasteiger partial charge in [-0.25, -0.2) is 9.37 Å². The van der Waals surface area contributed by atoms with Gasteiger partial charge in [-0.1, -0.05) is 29.4 Å². The molecule has 0 saturated heterocycles. The first-order valence-corrected chi connectivity index (χ1v) is 9.98. The van der Waals surface area contributed by atoms with Crippen LogP contribution < -0.4 is 5.32 Å². The van der Waals surface area contributed by atoms with E-state index in [1.807, 2.05) is 19.1 Å². The monoisotopic (exact) mass is 432 g/mol. The van der Waals surface area contributed by atoms with Gasteiger partial charge in [-0.05, 0) is 51.0 Å². The molecule has 3 aromatic rings. The van der Waals surface area contributed by atoms with E-state index >= 15 is 0 Å². The van der Waals surface area contributed by atoms with E-state index in [-0.39, 0.29) is 22.9 Å². The molecule has 162 valence electrons. The Morgan fingerprint density at radius 1 is 1.06 bits per heavy atom. The summed E-state index contributed by atoms with van der Waals surface area (Å²) >= 11 is 0. The third-order valence-electron chi connectivity index (χ3n) is 5.26. The second kappa shape index (κ2) is 7.96. The SMILES string of the molecule is Cc1ccc(C2=NOC(C)(C)C2=O)cc1-c1cnc(NC(=O)c2c(C)cccc2F)cn1. The number of amides is 1. The molecular weight excluding hydrogens is 411 g/mol. The van der Waals surface area contributed by atoms with Gasteiger partial charge in [0.1, 0.15) is 5.82 Å². The third kappa shape index (κ3) is 3.87. The molecule has 0 fully saturated rings. The Balaban J connectivity index is 1.58. The summed E-state index contributed by atoms with van der Waals surface area (Å²) in [5.41, 5.74) is 2.62. The van der Waals surface area contributed by atoms with Crippen LogP contribution in [-0.2, 0) is 9.63 Å². The summed E-state index contributed by atoms with van der Waals surface area (Å²) in [6, 6.07) is 9.92. The van der Waals surface area contributed by atoms with Crippen LogP contribution in [-0.4, -0.2) is 33.0 Å². The van der Waals surface area contributed by atoms with Crippen molar-refractivity contribution in [3.8, 4) is 11.3 Å². The summed E-state index contributed by atoms with van der Waals surface area (Å²) in [7, 11) is 0. The van der Waals surface area contributed by atoms with Gasteiger partial charge in [0.2, 0.25) is 5.78 Å². The lowest BCUT2D eigenvalue weighted by molar-refractivity contribution is -0.128. The van der Waals surface area contributed by atoms with Crippen molar-refractivity contribution in [1.82, 2.24) is 9.97 Å². The average Bonchev–Trinajstić information content (AvgIpc) is 3.02. The van der Waals surface area contributed by atoms with Crippen LogP contribution >= 0.6 is 0 Å². The van der Waals surface area contributed by atoms with Gasteiger partial charge in [-0.2, -0.15) is 0 Å². The highest BCUT2D eigenvalue weighted by molar-refractivity contribution is 6.49. The Bertz CT molecular complexity index is 1250. The van der Waals surface area contributed by atoms with E-state index in [1.165, 1.54) is 18.5 Å². The molecule has 0 saturated carbocycles. The minimum absolute atomic E-state index is 0.0333. The molecular formula is C24H21FN4O3. The lowest BCUT2D eigenvalue weighted by Crippen LogP contribution is -2.33. The highest BCUT2D eigenvalue weighted by Gasteiger charge is 2.40.